The number of aromatic nitrogens is 1. The molecule has 7 nitrogen and oxygen atoms in total. The largest absolute Gasteiger partial charge is 0.507 e. The molecule has 1 fully saturated rings. The number of ketones is 1. The number of aliphatic hydroxyl groups excluding tert-OH is 1. The predicted molar refractivity (Wildman–Crippen MR) is 118 cm³/mol. The van der Waals surface area contributed by atoms with Gasteiger partial charge in [-0.3, -0.25) is 14.6 Å². The van der Waals surface area contributed by atoms with E-state index in [1.807, 2.05) is 6.07 Å². The number of Topliss-reactive ketones (excluding diaryl/α,β-unsaturated/α-hetero) is 1. The second kappa shape index (κ2) is 8.93. The fraction of sp³-hybridized carbons (Fsp3) is 0.160. The van der Waals surface area contributed by atoms with Crippen LogP contribution in [-0.2, 0) is 16.1 Å². The van der Waals surface area contributed by atoms with Gasteiger partial charge in [-0.15, -0.1) is 0 Å². The van der Waals surface area contributed by atoms with Gasteiger partial charge in [0, 0.05) is 24.5 Å². The number of pyridine rings is 1. The van der Waals surface area contributed by atoms with E-state index in [0.29, 0.717) is 29.4 Å². The van der Waals surface area contributed by atoms with Gasteiger partial charge in [0.05, 0.1) is 5.57 Å². The Kier molecular flexibility index (Phi) is 5.89. The van der Waals surface area contributed by atoms with Gasteiger partial charge in [-0.05, 0) is 55.0 Å². The summed E-state index contributed by atoms with van der Waals surface area (Å²) >= 11 is 0. The van der Waals surface area contributed by atoms with Gasteiger partial charge in [0.15, 0.2) is 0 Å². The highest BCUT2D eigenvalue weighted by molar-refractivity contribution is 6.46. The lowest BCUT2D eigenvalue weighted by Gasteiger charge is -2.23. The summed E-state index contributed by atoms with van der Waals surface area (Å²) in [7, 11) is 0. The maximum Gasteiger partial charge on any atom is 0.296 e. The molecule has 1 amide bonds. The Bertz CT molecular complexity index is 1180. The van der Waals surface area contributed by atoms with Gasteiger partial charge in [0.1, 0.15) is 35.7 Å². The van der Waals surface area contributed by atoms with E-state index in [0.717, 1.165) is 5.56 Å². The Hall–Kier alpha value is -4.13. The maximum absolute atomic E-state index is 13.0. The van der Waals surface area contributed by atoms with Crippen molar-refractivity contribution in [2.75, 3.05) is 6.61 Å². The molecule has 1 aromatic carbocycles. The number of amides is 1. The molecule has 0 spiro atoms. The van der Waals surface area contributed by atoms with Crippen LogP contribution in [0.5, 0.6) is 5.75 Å². The molecule has 1 aliphatic heterocycles. The van der Waals surface area contributed by atoms with Crippen molar-refractivity contribution in [1.29, 1.82) is 0 Å². The molecule has 1 aliphatic rings. The third-order valence-corrected chi connectivity index (χ3v) is 5.14. The third kappa shape index (κ3) is 4.05. The van der Waals surface area contributed by atoms with Crippen LogP contribution < -0.4 is 4.74 Å². The quantitative estimate of drug-likeness (QED) is 0.262. The highest BCUT2D eigenvalue weighted by atomic mass is 16.5. The van der Waals surface area contributed by atoms with Crippen LogP contribution >= 0.6 is 0 Å². The molecule has 7 heteroatoms. The fourth-order valence-electron chi connectivity index (χ4n) is 3.65. The standard InChI is InChI=1S/C25H22N2O5/c1-3-13-31-19-9-7-18(8-10-19)23(28)21-22(20-11-6-16(2)32-20)27(25(30)24(21)29)15-17-5-4-12-26-14-17/h3-12,14,22,28H,1,13,15H2,2H3/b23-21+/t22-/m0/s1. The summed E-state index contributed by atoms with van der Waals surface area (Å²) in [4.78, 5) is 31.4. The first-order valence-electron chi connectivity index (χ1n) is 10.1. The topological polar surface area (TPSA) is 92.9 Å². The minimum Gasteiger partial charge on any atom is -0.507 e. The van der Waals surface area contributed by atoms with Gasteiger partial charge >= 0.3 is 0 Å². The number of benzene rings is 1. The lowest BCUT2D eigenvalue weighted by molar-refractivity contribution is -0.140. The van der Waals surface area contributed by atoms with Crippen molar-refractivity contribution in [2.24, 2.45) is 0 Å². The number of furan rings is 1. The zero-order chi connectivity index (χ0) is 22.7. The van der Waals surface area contributed by atoms with Crippen LogP contribution in [0.25, 0.3) is 5.76 Å². The Morgan fingerprint density at radius 3 is 2.62 bits per heavy atom. The summed E-state index contributed by atoms with van der Waals surface area (Å²) in [6.07, 6.45) is 4.89. The van der Waals surface area contributed by atoms with Crippen LogP contribution in [0.15, 0.2) is 83.6 Å². The molecule has 2 aromatic heterocycles. The highest BCUT2D eigenvalue weighted by Gasteiger charge is 2.47. The number of nitrogens with zero attached hydrogens (tertiary/aromatic N) is 2. The molecule has 0 bridgehead atoms. The molecular weight excluding hydrogens is 408 g/mol. The van der Waals surface area contributed by atoms with Gasteiger partial charge in [-0.1, -0.05) is 18.7 Å². The van der Waals surface area contributed by atoms with Crippen LogP contribution in [0.2, 0.25) is 0 Å². The molecule has 1 saturated heterocycles. The van der Waals surface area contributed by atoms with Crippen LogP contribution in [0.1, 0.15) is 28.7 Å². The van der Waals surface area contributed by atoms with E-state index in [2.05, 4.69) is 11.6 Å². The lowest BCUT2D eigenvalue weighted by Crippen LogP contribution is -2.29. The number of carbonyl (C=O) groups excluding carboxylic acids is 2. The third-order valence-electron chi connectivity index (χ3n) is 5.14. The first kappa shape index (κ1) is 21.1. The van der Waals surface area contributed by atoms with E-state index in [1.54, 1.807) is 67.9 Å². The van der Waals surface area contributed by atoms with Crippen LogP contribution in [0.4, 0.5) is 0 Å². The lowest BCUT2D eigenvalue weighted by atomic mass is 9.99. The Balaban J connectivity index is 1.77. The van der Waals surface area contributed by atoms with E-state index < -0.39 is 17.7 Å². The fourth-order valence-corrected chi connectivity index (χ4v) is 3.65. The smallest absolute Gasteiger partial charge is 0.296 e. The van der Waals surface area contributed by atoms with Gasteiger partial charge in [-0.2, -0.15) is 0 Å². The normalized spacial score (nSPS) is 17.5. The van der Waals surface area contributed by atoms with E-state index in [-0.39, 0.29) is 17.9 Å². The van der Waals surface area contributed by atoms with Gasteiger partial charge < -0.3 is 19.2 Å². The van der Waals surface area contributed by atoms with Crippen molar-refractivity contribution in [1.82, 2.24) is 9.88 Å². The summed E-state index contributed by atoms with van der Waals surface area (Å²) < 4.78 is 11.2. The Labute approximate surface area is 185 Å². The van der Waals surface area contributed by atoms with Crippen molar-refractivity contribution >= 4 is 17.4 Å². The van der Waals surface area contributed by atoms with Crippen molar-refractivity contribution < 1.29 is 23.8 Å². The van der Waals surface area contributed by atoms with Gasteiger partial charge in [0.2, 0.25) is 0 Å². The Morgan fingerprint density at radius 2 is 2.00 bits per heavy atom. The molecule has 3 heterocycles. The highest BCUT2D eigenvalue weighted by Crippen LogP contribution is 2.40. The summed E-state index contributed by atoms with van der Waals surface area (Å²) in [5.41, 5.74) is 1.13. The predicted octanol–water partition coefficient (Wildman–Crippen LogP) is 4.17. The SMILES string of the molecule is C=CCOc1ccc(/C(O)=C2\C(=O)C(=O)N(Cc3cccnc3)[C@H]2c2ccc(C)o2)cc1. The van der Waals surface area contributed by atoms with Crippen LogP contribution in [0, 0.1) is 6.92 Å². The van der Waals surface area contributed by atoms with Crippen molar-refractivity contribution in [3.63, 3.8) is 0 Å². The van der Waals surface area contributed by atoms with E-state index in [1.165, 1.54) is 4.90 Å². The van der Waals surface area contributed by atoms with Crippen molar-refractivity contribution in [3.8, 4) is 5.75 Å². The summed E-state index contributed by atoms with van der Waals surface area (Å²) in [6, 6.07) is 12.8. The molecule has 4 rings (SSSR count). The average molecular weight is 430 g/mol. The number of carbonyl (C=O) groups is 2. The van der Waals surface area contributed by atoms with E-state index in [4.69, 9.17) is 9.15 Å². The number of rotatable bonds is 7. The van der Waals surface area contributed by atoms with Gasteiger partial charge in [-0.25, -0.2) is 0 Å². The first-order chi connectivity index (χ1) is 15.5. The number of aliphatic hydroxyl groups is 1. The number of ether oxygens (including phenoxy) is 1. The second-order valence-corrected chi connectivity index (χ2v) is 7.36. The minimum absolute atomic E-state index is 0.0204. The molecule has 0 saturated carbocycles. The van der Waals surface area contributed by atoms with Gasteiger partial charge in [0.25, 0.3) is 11.7 Å². The number of hydrogen-bond donors (Lipinski definition) is 1. The van der Waals surface area contributed by atoms with Crippen molar-refractivity contribution in [2.45, 2.75) is 19.5 Å². The summed E-state index contributed by atoms with van der Waals surface area (Å²) in [5, 5.41) is 11.1. The molecule has 1 atom stereocenters. The summed E-state index contributed by atoms with van der Waals surface area (Å²) in [6.45, 7) is 5.88. The molecular formula is C25H22N2O5. The zero-order valence-electron chi connectivity index (χ0n) is 17.5. The molecule has 162 valence electrons. The molecule has 1 N–H and O–H groups in total. The molecule has 3 aromatic rings. The maximum atomic E-state index is 13.0. The van der Waals surface area contributed by atoms with Crippen LogP contribution in [0.3, 0.4) is 0 Å². The van der Waals surface area contributed by atoms with Crippen LogP contribution in [-0.4, -0.2) is 33.3 Å². The number of likely N-dealkylation sites (tertiary alicyclic amines) is 1. The zero-order valence-corrected chi connectivity index (χ0v) is 17.5. The Morgan fingerprint density at radius 1 is 1.22 bits per heavy atom. The number of aryl methyl sites for hydroxylation is 1. The average Bonchev–Trinajstić information content (AvgIpc) is 3.34. The summed E-state index contributed by atoms with van der Waals surface area (Å²) in [5.74, 6) is -0.116. The number of hydrogen-bond acceptors (Lipinski definition) is 6. The molecule has 32 heavy (non-hydrogen) atoms. The van der Waals surface area contributed by atoms with Crippen molar-refractivity contribution in [3.05, 3.63) is 102 Å². The monoisotopic (exact) mass is 430 g/mol. The first-order valence-corrected chi connectivity index (χ1v) is 10.1. The molecule has 0 unspecified atom stereocenters. The van der Waals surface area contributed by atoms with E-state index in [9.17, 15) is 14.7 Å². The molecule has 0 radical (unpaired) electrons. The second-order valence-electron chi connectivity index (χ2n) is 7.36. The molecule has 0 aliphatic carbocycles. The van der Waals surface area contributed by atoms with E-state index >= 15 is 0 Å². The minimum atomic E-state index is -0.861.